The molecule has 1 atom stereocenters. The predicted molar refractivity (Wildman–Crippen MR) is 81.6 cm³/mol. The molecule has 3 heteroatoms. The number of benzene rings is 1. The molecule has 1 unspecified atom stereocenters. The number of hydrogen-bond acceptors (Lipinski definition) is 2. The van der Waals surface area contributed by atoms with Crippen molar-refractivity contribution >= 4 is 17.3 Å². The highest BCUT2D eigenvalue weighted by Gasteiger charge is 2.11. The van der Waals surface area contributed by atoms with Gasteiger partial charge in [0, 0.05) is 19.6 Å². The molecule has 0 aliphatic rings. The second-order valence-corrected chi connectivity index (χ2v) is 5.24. The summed E-state index contributed by atoms with van der Waals surface area (Å²) in [5.41, 5.74) is 2.36. The molecule has 1 aromatic rings. The Hall–Kier alpha value is -0.730. The molecule has 0 aliphatic carbocycles. The van der Waals surface area contributed by atoms with Gasteiger partial charge in [-0.15, -0.1) is 0 Å². The Morgan fingerprint density at radius 1 is 1.33 bits per heavy atom. The van der Waals surface area contributed by atoms with Crippen LogP contribution in [0.2, 0.25) is 5.02 Å². The number of hydrogen-bond donors (Lipinski definition) is 1. The van der Waals surface area contributed by atoms with E-state index in [2.05, 4.69) is 56.2 Å². The predicted octanol–water partition coefficient (Wildman–Crippen LogP) is 4.07. The molecule has 0 bridgehead atoms. The summed E-state index contributed by atoms with van der Waals surface area (Å²) < 4.78 is 0. The van der Waals surface area contributed by atoms with Crippen LogP contribution >= 0.6 is 11.6 Å². The number of halogens is 1. The Balaban J connectivity index is 2.73. The first-order valence-electron chi connectivity index (χ1n) is 6.82. The van der Waals surface area contributed by atoms with Crippen LogP contribution in [-0.2, 0) is 6.54 Å². The van der Waals surface area contributed by atoms with Gasteiger partial charge in [-0.25, -0.2) is 0 Å². The van der Waals surface area contributed by atoms with E-state index in [1.807, 2.05) is 0 Å². The minimum atomic E-state index is 0.506. The summed E-state index contributed by atoms with van der Waals surface area (Å²) in [5.74, 6) is 0. The van der Waals surface area contributed by atoms with E-state index in [1.165, 1.54) is 5.56 Å². The van der Waals surface area contributed by atoms with Gasteiger partial charge in [0.1, 0.15) is 0 Å². The van der Waals surface area contributed by atoms with Gasteiger partial charge in [0.05, 0.1) is 10.7 Å². The van der Waals surface area contributed by atoms with Gasteiger partial charge in [0.25, 0.3) is 0 Å². The van der Waals surface area contributed by atoms with Crippen LogP contribution in [0.15, 0.2) is 18.2 Å². The Morgan fingerprint density at radius 2 is 2.06 bits per heavy atom. The van der Waals surface area contributed by atoms with Crippen LogP contribution in [0.25, 0.3) is 0 Å². The second-order valence-electron chi connectivity index (χ2n) is 4.83. The van der Waals surface area contributed by atoms with E-state index in [0.29, 0.717) is 6.04 Å². The van der Waals surface area contributed by atoms with Crippen molar-refractivity contribution in [3.05, 3.63) is 28.8 Å². The van der Waals surface area contributed by atoms with Crippen LogP contribution in [0, 0.1) is 0 Å². The molecular formula is C15H25ClN2. The molecule has 102 valence electrons. The maximum absolute atomic E-state index is 6.37. The minimum Gasteiger partial charge on any atom is -0.371 e. The van der Waals surface area contributed by atoms with Gasteiger partial charge in [-0.2, -0.15) is 0 Å². The third-order valence-corrected chi connectivity index (χ3v) is 3.70. The van der Waals surface area contributed by atoms with Gasteiger partial charge in [-0.1, -0.05) is 31.5 Å². The summed E-state index contributed by atoms with van der Waals surface area (Å²) in [6.45, 7) is 8.52. The Bertz CT molecular complexity index is 366. The van der Waals surface area contributed by atoms with E-state index in [-0.39, 0.29) is 0 Å². The Morgan fingerprint density at radius 3 is 2.61 bits per heavy atom. The fraction of sp³-hybridized carbons (Fsp3) is 0.600. The van der Waals surface area contributed by atoms with Crippen molar-refractivity contribution < 1.29 is 0 Å². The van der Waals surface area contributed by atoms with Crippen LogP contribution in [-0.4, -0.2) is 19.6 Å². The van der Waals surface area contributed by atoms with Crippen LogP contribution in [0.3, 0.4) is 0 Å². The average molecular weight is 269 g/mol. The molecule has 0 saturated carbocycles. The monoisotopic (exact) mass is 268 g/mol. The first kappa shape index (κ1) is 15.3. The summed E-state index contributed by atoms with van der Waals surface area (Å²) in [7, 11) is 2.10. The maximum atomic E-state index is 6.37. The zero-order chi connectivity index (χ0) is 13.5. The third kappa shape index (κ3) is 4.18. The van der Waals surface area contributed by atoms with Crippen LogP contribution < -0.4 is 10.2 Å². The fourth-order valence-corrected chi connectivity index (χ4v) is 2.20. The number of nitrogens with zero attached hydrogens (tertiary/aromatic N) is 1. The molecule has 1 rings (SSSR count). The first-order valence-corrected chi connectivity index (χ1v) is 7.19. The van der Waals surface area contributed by atoms with Gasteiger partial charge in [-0.3, -0.25) is 0 Å². The molecule has 0 heterocycles. The summed E-state index contributed by atoms with van der Waals surface area (Å²) in [6, 6.07) is 6.85. The molecule has 0 aliphatic heterocycles. The number of rotatable bonds is 7. The zero-order valence-electron chi connectivity index (χ0n) is 12.0. The molecule has 2 nitrogen and oxygen atoms in total. The molecule has 18 heavy (non-hydrogen) atoms. The summed E-state index contributed by atoms with van der Waals surface area (Å²) >= 11 is 6.37. The molecule has 0 radical (unpaired) electrons. The van der Waals surface area contributed by atoms with Gasteiger partial charge in [0.2, 0.25) is 0 Å². The molecule has 0 amide bonds. The molecular weight excluding hydrogens is 244 g/mol. The van der Waals surface area contributed by atoms with Crippen molar-refractivity contribution in [3.63, 3.8) is 0 Å². The van der Waals surface area contributed by atoms with E-state index >= 15 is 0 Å². The lowest BCUT2D eigenvalue weighted by molar-refractivity contribution is 0.662. The van der Waals surface area contributed by atoms with Gasteiger partial charge in [0.15, 0.2) is 0 Å². The Labute approximate surface area is 116 Å². The standard InChI is InChI=1S/C15H25ClN2/c1-5-9-17-11-13-7-8-15(14(16)10-13)18(4)12(3)6-2/h7-8,10,12,17H,5-6,9,11H2,1-4H3. The van der Waals surface area contributed by atoms with Gasteiger partial charge < -0.3 is 10.2 Å². The van der Waals surface area contributed by atoms with E-state index in [1.54, 1.807) is 0 Å². The Kier molecular flexibility index (Phi) is 6.51. The average Bonchev–Trinajstić information content (AvgIpc) is 2.37. The van der Waals surface area contributed by atoms with Crippen molar-refractivity contribution in [1.29, 1.82) is 0 Å². The van der Waals surface area contributed by atoms with E-state index < -0.39 is 0 Å². The van der Waals surface area contributed by atoms with E-state index in [9.17, 15) is 0 Å². The van der Waals surface area contributed by atoms with Crippen molar-refractivity contribution in [2.75, 3.05) is 18.5 Å². The molecule has 0 fully saturated rings. The normalized spacial score (nSPS) is 12.5. The highest BCUT2D eigenvalue weighted by Crippen LogP contribution is 2.27. The number of anilines is 1. The van der Waals surface area contributed by atoms with E-state index in [0.717, 1.165) is 36.6 Å². The first-order chi connectivity index (χ1) is 8.60. The lowest BCUT2D eigenvalue weighted by atomic mass is 10.1. The van der Waals surface area contributed by atoms with Crippen LogP contribution in [0.4, 0.5) is 5.69 Å². The SMILES string of the molecule is CCCNCc1ccc(N(C)C(C)CC)c(Cl)c1. The fourth-order valence-electron chi connectivity index (χ4n) is 1.87. The highest BCUT2D eigenvalue weighted by atomic mass is 35.5. The van der Waals surface area contributed by atoms with Crippen molar-refractivity contribution in [1.82, 2.24) is 5.32 Å². The quantitative estimate of drug-likeness (QED) is 0.750. The number of nitrogens with one attached hydrogen (secondary N) is 1. The molecule has 1 aromatic carbocycles. The van der Waals surface area contributed by atoms with E-state index in [4.69, 9.17) is 11.6 Å². The van der Waals surface area contributed by atoms with Gasteiger partial charge >= 0.3 is 0 Å². The highest BCUT2D eigenvalue weighted by molar-refractivity contribution is 6.33. The van der Waals surface area contributed by atoms with Crippen molar-refractivity contribution in [2.24, 2.45) is 0 Å². The van der Waals surface area contributed by atoms with Crippen LogP contribution in [0.1, 0.15) is 39.2 Å². The van der Waals surface area contributed by atoms with Crippen molar-refractivity contribution in [3.8, 4) is 0 Å². The molecule has 0 saturated heterocycles. The second kappa shape index (κ2) is 7.65. The minimum absolute atomic E-state index is 0.506. The summed E-state index contributed by atoms with van der Waals surface area (Å²) in [6.07, 6.45) is 2.27. The van der Waals surface area contributed by atoms with Crippen molar-refractivity contribution in [2.45, 2.75) is 46.2 Å². The smallest absolute Gasteiger partial charge is 0.0642 e. The third-order valence-electron chi connectivity index (χ3n) is 3.40. The molecule has 0 spiro atoms. The topological polar surface area (TPSA) is 15.3 Å². The molecule has 1 N–H and O–H groups in total. The summed E-state index contributed by atoms with van der Waals surface area (Å²) in [5, 5.41) is 4.23. The van der Waals surface area contributed by atoms with Crippen LogP contribution in [0.5, 0.6) is 0 Å². The summed E-state index contributed by atoms with van der Waals surface area (Å²) in [4.78, 5) is 2.24. The molecule has 0 aromatic heterocycles. The lowest BCUT2D eigenvalue weighted by Crippen LogP contribution is -2.28. The maximum Gasteiger partial charge on any atom is 0.0642 e. The lowest BCUT2D eigenvalue weighted by Gasteiger charge is -2.27. The van der Waals surface area contributed by atoms with Gasteiger partial charge in [-0.05, 0) is 44.0 Å². The zero-order valence-corrected chi connectivity index (χ0v) is 12.7. The largest absolute Gasteiger partial charge is 0.371 e.